The number of likely N-dealkylation sites (tertiary alicyclic amines) is 1. The first kappa shape index (κ1) is 12.4. The Balaban J connectivity index is 1.96. The molecular weight excluding hydrogens is 210 g/mol. The van der Waals surface area contributed by atoms with Crippen molar-refractivity contribution in [2.45, 2.75) is 13.0 Å². The molecule has 0 bridgehead atoms. The van der Waals surface area contributed by atoms with Crippen LogP contribution in [0.4, 0.5) is 5.69 Å². The molecule has 1 aromatic rings. The number of benzene rings is 1. The first-order chi connectivity index (χ1) is 8.19. The molecule has 3 heteroatoms. The van der Waals surface area contributed by atoms with E-state index in [0.717, 1.165) is 12.5 Å². The zero-order valence-corrected chi connectivity index (χ0v) is 10.9. The number of nitrogens with two attached hydrogens (primary N) is 1. The quantitative estimate of drug-likeness (QED) is 0.856. The van der Waals surface area contributed by atoms with Crippen molar-refractivity contribution in [3.63, 3.8) is 0 Å². The molecule has 1 aromatic carbocycles. The summed E-state index contributed by atoms with van der Waals surface area (Å²) in [6, 6.07) is 8.53. The van der Waals surface area contributed by atoms with E-state index in [1.54, 1.807) is 0 Å². The molecule has 0 aliphatic carbocycles. The van der Waals surface area contributed by atoms with Crippen LogP contribution in [0.3, 0.4) is 0 Å². The van der Waals surface area contributed by atoms with E-state index >= 15 is 0 Å². The van der Waals surface area contributed by atoms with Crippen molar-refractivity contribution >= 4 is 5.69 Å². The summed E-state index contributed by atoms with van der Waals surface area (Å²) in [6.45, 7) is 4.22. The topological polar surface area (TPSA) is 32.5 Å². The summed E-state index contributed by atoms with van der Waals surface area (Å²) in [5.74, 6) is 0.798. The molecule has 3 nitrogen and oxygen atoms in total. The monoisotopic (exact) mass is 233 g/mol. The summed E-state index contributed by atoms with van der Waals surface area (Å²) < 4.78 is 0. The molecule has 2 rings (SSSR count). The SMILES string of the molecule is CN1CCC(CN(C)c2cccc(CN)c2)C1. The third-order valence-electron chi connectivity index (χ3n) is 3.61. The average molecular weight is 233 g/mol. The molecular formula is C14H23N3. The van der Waals surface area contributed by atoms with Gasteiger partial charge in [-0.1, -0.05) is 12.1 Å². The minimum Gasteiger partial charge on any atom is -0.374 e. The fourth-order valence-corrected chi connectivity index (χ4v) is 2.59. The predicted molar refractivity (Wildman–Crippen MR) is 73.2 cm³/mol. The summed E-state index contributed by atoms with van der Waals surface area (Å²) in [5.41, 5.74) is 8.16. The highest BCUT2D eigenvalue weighted by Gasteiger charge is 2.20. The normalized spacial score (nSPS) is 20.8. The Hall–Kier alpha value is -1.06. The number of nitrogens with zero attached hydrogens (tertiary/aromatic N) is 2. The molecule has 1 atom stereocenters. The van der Waals surface area contributed by atoms with Gasteiger partial charge in [0.25, 0.3) is 0 Å². The van der Waals surface area contributed by atoms with Crippen LogP contribution in [0, 0.1) is 5.92 Å². The standard InChI is InChI=1S/C14H23N3/c1-16-7-6-13(10-16)11-17(2)14-5-3-4-12(8-14)9-15/h3-5,8,13H,6-7,9-11,15H2,1-2H3. The van der Waals surface area contributed by atoms with Crippen molar-refractivity contribution in [2.24, 2.45) is 11.7 Å². The van der Waals surface area contributed by atoms with Crippen LogP contribution >= 0.6 is 0 Å². The van der Waals surface area contributed by atoms with Gasteiger partial charge in [0.15, 0.2) is 0 Å². The third-order valence-corrected chi connectivity index (χ3v) is 3.61. The second-order valence-corrected chi connectivity index (χ2v) is 5.17. The second-order valence-electron chi connectivity index (χ2n) is 5.17. The molecule has 0 radical (unpaired) electrons. The second kappa shape index (κ2) is 5.52. The van der Waals surface area contributed by atoms with Crippen LogP contribution < -0.4 is 10.6 Å². The van der Waals surface area contributed by atoms with Crippen molar-refractivity contribution in [1.82, 2.24) is 4.90 Å². The number of hydrogen-bond acceptors (Lipinski definition) is 3. The lowest BCUT2D eigenvalue weighted by Crippen LogP contribution is -2.27. The van der Waals surface area contributed by atoms with Crippen molar-refractivity contribution in [3.05, 3.63) is 29.8 Å². The van der Waals surface area contributed by atoms with Crippen LogP contribution in [-0.2, 0) is 6.54 Å². The average Bonchev–Trinajstić information content (AvgIpc) is 2.75. The van der Waals surface area contributed by atoms with Crippen LogP contribution in [-0.4, -0.2) is 38.6 Å². The largest absolute Gasteiger partial charge is 0.374 e. The lowest BCUT2D eigenvalue weighted by molar-refractivity contribution is 0.396. The lowest BCUT2D eigenvalue weighted by Gasteiger charge is -2.23. The third kappa shape index (κ3) is 3.20. The maximum Gasteiger partial charge on any atom is 0.0366 e. The van der Waals surface area contributed by atoms with Crippen LogP contribution in [0.2, 0.25) is 0 Å². The zero-order chi connectivity index (χ0) is 12.3. The Morgan fingerprint density at radius 1 is 1.47 bits per heavy atom. The number of hydrogen-bond donors (Lipinski definition) is 1. The van der Waals surface area contributed by atoms with E-state index in [2.05, 4.69) is 48.2 Å². The van der Waals surface area contributed by atoms with Crippen LogP contribution in [0.5, 0.6) is 0 Å². The van der Waals surface area contributed by atoms with Gasteiger partial charge in [-0.2, -0.15) is 0 Å². The van der Waals surface area contributed by atoms with Gasteiger partial charge < -0.3 is 15.5 Å². The highest BCUT2D eigenvalue weighted by Crippen LogP contribution is 2.20. The van der Waals surface area contributed by atoms with Gasteiger partial charge in [0.1, 0.15) is 0 Å². The molecule has 94 valence electrons. The molecule has 0 spiro atoms. The Morgan fingerprint density at radius 2 is 2.29 bits per heavy atom. The molecule has 2 N–H and O–H groups in total. The van der Waals surface area contributed by atoms with E-state index in [1.165, 1.54) is 30.8 Å². The molecule has 1 aliphatic heterocycles. The highest BCUT2D eigenvalue weighted by atomic mass is 15.1. The summed E-state index contributed by atoms with van der Waals surface area (Å²) in [7, 11) is 4.38. The van der Waals surface area contributed by atoms with Crippen LogP contribution in [0.25, 0.3) is 0 Å². The highest BCUT2D eigenvalue weighted by molar-refractivity contribution is 5.47. The first-order valence-corrected chi connectivity index (χ1v) is 6.37. The van der Waals surface area contributed by atoms with Gasteiger partial charge in [-0.05, 0) is 43.6 Å². The van der Waals surface area contributed by atoms with Crippen LogP contribution in [0.15, 0.2) is 24.3 Å². The van der Waals surface area contributed by atoms with Crippen molar-refractivity contribution in [2.75, 3.05) is 38.6 Å². The Bertz CT molecular complexity index is 364. The van der Waals surface area contributed by atoms with E-state index < -0.39 is 0 Å². The predicted octanol–water partition coefficient (Wildman–Crippen LogP) is 1.53. The fraction of sp³-hybridized carbons (Fsp3) is 0.571. The summed E-state index contributed by atoms with van der Waals surface area (Å²) in [4.78, 5) is 4.76. The zero-order valence-electron chi connectivity index (χ0n) is 10.9. The maximum absolute atomic E-state index is 5.68. The van der Waals surface area contributed by atoms with Gasteiger partial charge in [0, 0.05) is 32.4 Å². The van der Waals surface area contributed by atoms with E-state index in [4.69, 9.17) is 5.73 Å². The van der Waals surface area contributed by atoms with Gasteiger partial charge in [-0.15, -0.1) is 0 Å². The molecule has 0 saturated carbocycles. The Labute approximate surface area is 104 Å². The van der Waals surface area contributed by atoms with E-state index in [0.29, 0.717) is 6.54 Å². The summed E-state index contributed by atoms with van der Waals surface area (Å²) in [5, 5.41) is 0. The Kier molecular flexibility index (Phi) is 4.02. The van der Waals surface area contributed by atoms with Crippen molar-refractivity contribution < 1.29 is 0 Å². The smallest absolute Gasteiger partial charge is 0.0366 e. The minimum absolute atomic E-state index is 0.619. The Morgan fingerprint density at radius 3 is 2.94 bits per heavy atom. The van der Waals surface area contributed by atoms with Crippen LogP contribution in [0.1, 0.15) is 12.0 Å². The van der Waals surface area contributed by atoms with Gasteiger partial charge in [-0.25, -0.2) is 0 Å². The maximum atomic E-state index is 5.68. The van der Waals surface area contributed by atoms with Gasteiger partial charge in [-0.3, -0.25) is 0 Å². The molecule has 1 fully saturated rings. The molecule has 1 saturated heterocycles. The van der Waals surface area contributed by atoms with Gasteiger partial charge in [0.2, 0.25) is 0 Å². The summed E-state index contributed by atoms with van der Waals surface area (Å²) in [6.07, 6.45) is 1.32. The first-order valence-electron chi connectivity index (χ1n) is 6.37. The molecule has 1 unspecified atom stereocenters. The van der Waals surface area contributed by atoms with E-state index in [9.17, 15) is 0 Å². The number of rotatable bonds is 4. The molecule has 0 aromatic heterocycles. The number of anilines is 1. The lowest BCUT2D eigenvalue weighted by atomic mass is 10.1. The van der Waals surface area contributed by atoms with Crippen molar-refractivity contribution in [3.8, 4) is 0 Å². The van der Waals surface area contributed by atoms with Crippen molar-refractivity contribution in [1.29, 1.82) is 0 Å². The fourth-order valence-electron chi connectivity index (χ4n) is 2.59. The summed E-state index contributed by atoms with van der Waals surface area (Å²) >= 11 is 0. The molecule has 1 aliphatic rings. The van der Waals surface area contributed by atoms with Gasteiger partial charge in [0.05, 0.1) is 0 Å². The molecule has 1 heterocycles. The van der Waals surface area contributed by atoms with Gasteiger partial charge >= 0.3 is 0 Å². The molecule has 17 heavy (non-hydrogen) atoms. The van der Waals surface area contributed by atoms with E-state index in [-0.39, 0.29) is 0 Å². The van der Waals surface area contributed by atoms with E-state index in [1.807, 2.05) is 0 Å². The minimum atomic E-state index is 0.619. The molecule has 0 amide bonds.